The zero-order valence-corrected chi connectivity index (χ0v) is 11.9. The molecule has 0 atom stereocenters. The predicted molar refractivity (Wildman–Crippen MR) is 77.9 cm³/mol. The maximum absolute atomic E-state index is 5.76. The van der Waals surface area contributed by atoms with Crippen molar-refractivity contribution >= 4 is 17.6 Å². The zero-order valence-electron chi connectivity index (χ0n) is 11.1. The average Bonchev–Trinajstić information content (AvgIpc) is 2.38. The second-order valence-corrected chi connectivity index (χ2v) is 5.28. The molecule has 0 aliphatic heterocycles. The minimum absolute atomic E-state index is 0.453. The van der Waals surface area contributed by atoms with Crippen LogP contribution in [-0.2, 0) is 17.1 Å². The first-order chi connectivity index (χ1) is 9.17. The number of hydrogen-bond acceptors (Lipinski definition) is 5. The minimum Gasteiger partial charge on any atom is -0.384 e. The number of rotatable bonds is 5. The van der Waals surface area contributed by atoms with Crippen molar-refractivity contribution in [3.63, 3.8) is 0 Å². The Bertz CT molecular complexity index is 543. The number of nitrogen functional groups attached to an aromatic ring is 1. The Morgan fingerprint density at radius 1 is 1.21 bits per heavy atom. The Balaban J connectivity index is 2.04. The standard InChI is InChI=1S/C14H17N3OS/c1-10-3-5-12(6-4-10)19-9-14-16-11(8-18-2)7-13(15)17-14/h3-7H,8-9H2,1-2H3,(H2,15,16,17). The molecule has 0 fully saturated rings. The zero-order chi connectivity index (χ0) is 13.7. The van der Waals surface area contributed by atoms with E-state index >= 15 is 0 Å². The highest BCUT2D eigenvalue weighted by Crippen LogP contribution is 2.22. The third-order valence-corrected chi connectivity index (χ3v) is 3.53. The summed E-state index contributed by atoms with van der Waals surface area (Å²) < 4.78 is 5.06. The van der Waals surface area contributed by atoms with Gasteiger partial charge in [-0.25, -0.2) is 9.97 Å². The van der Waals surface area contributed by atoms with Crippen LogP contribution in [0.2, 0.25) is 0 Å². The van der Waals surface area contributed by atoms with Crippen LogP contribution < -0.4 is 5.73 Å². The van der Waals surface area contributed by atoms with Gasteiger partial charge in [0.25, 0.3) is 0 Å². The second-order valence-electron chi connectivity index (χ2n) is 4.24. The molecular weight excluding hydrogens is 258 g/mol. The molecule has 4 nitrogen and oxygen atoms in total. The molecule has 100 valence electrons. The van der Waals surface area contributed by atoms with Crippen LogP contribution in [0.5, 0.6) is 0 Å². The van der Waals surface area contributed by atoms with Crippen LogP contribution in [0.25, 0.3) is 0 Å². The molecule has 0 amide bonds. The average molecular weight is 275 g/mol. The van der Waals surface area contributed by atoms with Crippen molar-refractivity contribution in [2.24, 2.45) is 0 Å². The molecule has 0 radical (unpaired) electrons. The highest BCUT2D eigenvalue weighted by Gasteiger charge is 2.04. The lowest BCUT2D eigenvalue weighted by atomic mass is 10.2. The third kappa shape index (κ3) is 4.22. The number of anilines is 1. The number of aryl methyl sites for hydroxylation is 1. The molecule has 5 heteroatoms. The van der Waals surface area contributed by atoms with E-state index < -0.39 is 0 Å². The van der Waals surface area contributed by atoms with Crippen molar-refractivity contribution in [3.8, 4) is 0 Å². The fourth-order valence-corrected chi connectivity index (χ4v) is 2.40. The molecule has 2 rings (SSSR count). The minimum atomic E-state index is 0.453. The molecule has 0 bridgehead atoms. The molecule has 0 spiro atoms. The fourth-order valence-electron chi connectivity index (χ4n) is 1.64. The SMILES string of the molecule is COCc1cc(N)nc(CSc2ccc(C)cc2)n1. The van der Waals surface area contributed by atoms with Gasteiger partial charge in [-0.15, -0.1) is 11.8 Å². The molecular formula is C14H17N3OS. The van der Waals surface area contributed by atoms with Crippen LogP contribution in [-0.4, -0.2) is 17.1 Å². The van der Waals surface area contributed by atoms with Gasteiger partial charge in [-0.1, -0.05) is 17.7 Å². The summed E-state index contributed by atoms with van der Waals surface area (Å²) in [5.74, 6) is 1.92. The van der Waals surface area contributed by atoms with Crippen LogP contribution in [0.4, 0.5) is 5.82 Å². The number of thioether (sulfide) groups is 1. The van der Waals surface area contributed by atoms with Gasteiger partial charge in [0.2, 0.25) is 0 Å². The van der Waals surface area contributed by atoms with Crippen LogP contribution >= 0.6 is 11.8 Å². The second kappa shape index (κ2) is 6.54. The van der Waals surface area contributed by atoms with Crippen LogP contribution in [0.15, 0.2) is 35.2 Å². The smallest absolute Gasteiger partial charge is 0.141 e. The van der Waals surface area contributed by atoms with E-state index in [4.69, 9.17) is 10.5 Å². The lowest BCUT2D eigenvalue weighted by Gasteiger charge is -2.05. The molecule has 1 aromatic heterocycles. The Morgan fingerprint density at radius 2 is 1.95 bits per heavy atom. The summed E-state index contributed by atoms with van der Waals surface area (Å²) in [5.41, 5.74) is 7.83. The maximum Gasteiger partial charge on any atom is 0.141 e. The largest absolute Gasteiger partial charge is 0.384 e. The van der Waals surface area contributed by atoms with Gasteiger partial charge in [-0.3, -0.25) is 0 Å². The van der Waals surface area contributed by atoms with Gasteiger partial charge >= 0.3 is 0 Å². The van der Waals surface area contributed by atoms with E-state index in [1.54, 1.807) is 24.9 Å². The number of hydrogen-bond donors (Lipinski definition) is 1. The molecule has 1 heterocycles. The first kappa shape index (κ1) is 13.8. The van der Waals surface area contributed by atoms with Crippen molar-refractivity contribution in [2.75, 3.05) is 12.8 Å². The lowest BCUT2D eigenvalue weighted by molar-refractivity contribution is 0.181. The Hall–Kier alpha value is -1.59. The van der Waals surface area contributed by atoms with Gasteiger partial charge in [-0.2, -0.15) is 0 Å². The lowest BCUT2D eigenvalue weighted by Crippen LogP contribution is -2.03. The number of nitrogens with zero attached hydrogens (tertiary/aromatic N) is 2. The Labute approximate surface area is 117 Å². The van der Waals surface area contributed by atoms with E-state index in [2.05, 4.69) is 41.2 Å². The Kier molecular flexibility index (Phi) is 4.76. The summed E-state index contributed by atoms with van der Waals surface area (Å²) in [6, 6.07) is 10.1. The van der Waals surface area contributed by atoms with Gasteiger partial charge in [-0.05, 0) is 19.1 Å². The highest BCUT2D eigenvalue weighted by molar-refractivity contribution is 7.98. The van der Waals surface area contributed by atoms with E-state index in [0.717, 1.165) is 11.5 Å². The number of nitrogens with two attached hydrogens (primary N) is 1. The van der Waals surface area contributed by atoms with E-state index in [9.17, 15) is 0 Å². The third-order valence-electron chi connectivity index (χ3n) is 2.53. The topological polar surface area (TPSA) is 61.0 Å². The molecule has 2 aromatic rings. The van der Waals surface area contributed by atoms with Gasteiger partial charge < -0.3 is 10.5 Å². The van der Waals surface area contributed by atoms with E-state index in [1.807, 2.05) is 0 Å². The molecule has 0 aliphatic carbocycles. The monoisotopic (exact) mass is 275 g/mol. The fraction of sp³-hybridized carbons (Fsp3) is 0.286. The van der Waals surface area contributed by atoms with Gasteiger partial charge in [0.1, 0.15) is 11.6 Å². The van der Waals surface area contributed by atoms with Crippen molar-refractivity contribution in [3.05, 3.63) is 47.4 Å². The summed E-state index contributed by atoms with van der Waals surface area (Å²) in [6.45, 7) is 2.53. The summed E-state index contributed by atoms with van der Waals surface area (Å²) in [4.78, 5) is 9.86. The van der Waals surface area contributed by atoms with Crippen molar-refractivity contribution in [1.82, 2.24) is 9.97 Å². The molecule has 2 N–H and O–H groups in total. The molecule has 0 saturated heterocycles. The number of methoxy groups -OCH3 is 1. The first-order valence-electron chi connectivity index (χ1n) is 5.98. The highest BCUT2D eigenvalue weighted by atomic mass is 32.2. The van der Waals surface area contributed by atoms with Crippen LogP contribution in [0.3, 0.4) is 0 Å². The van der Waals surface area contributed by atoms with Gasteiger partial charge in [0.15, 0.2) is 0 Å². The maximum atomic E-state index is 5.76. The first-order valence-corrected chi connectivity index (χ1v) is 6.96. The summed E-state index contributed by atoms with van der Waals surface area (Å²) in [5, 5.41) is 0. The van der Waals surface area contributed by atoms with E-state index in [-0.39, 0.29) is 0 Å². The summed E-state index contributed by atoms with van der Waals surface area (Å²) >= 11 is 1.70. The number of ether oxygens (including phenoxy) is 1. The van der Waals surface area contributed by atoms with E-state index in [1.165, 1.54) is 10.5 Å². The molecule has 0 saturated carbocycles. The predicted octanol–water partition coefficient (Wildman–Crippen LogP) is 2.81. The Morgan fingerprint density at radius 3 is 2.63 bits per heavy atom. The van der Waals surface area contributed by atoms with Gasteiger partial charge in [0.05, 0.1) is 18.1 Å². The number of benzene rings is 1. The normalized spacial score (nSPS) is 10.6. The molecule has 1 aromatic carbocycles. The quantitative estimate of drug-likeness (QED) is 0.850. The van der Waals surface area contributed by atoms with Crippen molar-refractivity contribution in [1.29, 1.82) is 0 Å². The molecule has 0 unspecified atom stereocenters. The summed E-state index contributed by atoms with van der Waals surface area (Å²) in [6.07, 6.45) is 0. The number of aromatic nitrogens is 2. The van der Waals surface area contributed by atoms with Crippen molar-refractivity contribution < 1.29 is 4.74 Å². The van der Waals surface area contributed by atoms with Gasteiger partial charge in [0, 0.05) is 18.1 Å². The van der Waals surface area contributed by atoms with Crippen molar-refractivity contribution in [2.45, 2.75) is 24.2 Å². The van der Waals surface area contributed by atoms with Crippen LogP contribution in [0.1, 0.15) is 17.1 Å². The summed E-state index contributed by atoms with van der Waals surface area (Å²) in [7, 11) is 1.64. The molecule has 0 aliphatic rings. The molecule has 19 heavy (non-hydrogen) atoms. The van der Waals surface area contributed by atoms with E-state index in [0.29, 0.717) is 18.2 Å². The van der Waals surface area contributed by atoms with Crippen LogP contribution in [0, 0.1) is 6.92 Å².